The third kappa shape index (κ3) is 6.77. The van der Waals surface area contributed by atoms with E-state index in [4.69, 9.17) is 0 Å². The van der Waals surface area contributed by atoms with E-state index in [0.717, 1.165) is 45.4 Å². The molecule has 2 heterocycles. The van der Waals surface area contributed by atoms with Crippen molar-refractivity contribution in [2.75, 3.05) is 33.2 Å². The standard InChI is InChI=1S/C22H30N4O/c1-25(16-20-9-12-23-13-10-20)18-22(27)24-21-8-5-14-26(17-21)15-11-19-6-3-2-4-7-19/h2-4,6-7,9-10,12-13,21H,5,8,11,14-18H2,1H3,(H,24,27). The first-order valence-corrected chi connectivity index (χ1v) is 9.82. The summed E-state index contributed by atoms with van der Waals surface area (Å²) >= 11 is 0. The number of likely N-dealkylation sites (tertiary alicyclic amines) is 1. The minimum Gasteiger partial charge on any atom is -0.351 e. The van der Waals surface area contributed by atoms with Gasteiger partial charge in [0.1, 0.15) is 0 Å². The minimum atomic E-state index is 0.112. The fraction of sp³-hybridized carbons (Fsp3) is 0.455. The molecule has 1 unspecified atom stereocenters. The average Bonchev–Trinajstić information content (AvgIpc) is 2.68. The molecular formula is C22H30N4O. The maximum Gasteiger partial charge on any atom is 0.234 e. The molecule has 1 N–H and O–H groups in total. The third-order valence-corrected chi connectivity index (χ3v) is 5.05. The highest BCUT2D eigenvalue weighted by atomic mass is 16.2. The van der Waals surface area contributed by atoms with Crippen molar-refractivity contribution >= 4 is 5.91 Å². The number of carbonyl (C=O) groups is 1. The van der Waals surface area contributed by atoms with Crippen LogP contribution in [0.1, 0.15) is 24.0 Å². The summed E-state index contributed by atoms with van der Waals surface area (Å²) in [6.45, 7) is 4.30. The Morgan fingerprint density at radius 1 is 1.19 bits per heavy atom. The van der Waals surface area contributed by atoms with Gasteiger partial charge in [0.2, 0.25) is 5.91 Å². The number of amides is 1. The van der Waals surface area contributed by atoms with E-state index in [-0.39, 0.29) is 11.9 Å². The molecule has 144 valence electrons. The van der Waals surface area contributed by atoms with Gasteiger partial charge in [-0.05, 0) is 56.1 Å². The molecule has 0 aliphatic carbocycles. The van der Waals surface area contributed by atoms with E-state index in [0.29, 0.717) is 6.54 Å². The van der Waals surface area contributed by atoms with E-state index in [9.17, 15) is 4.79 Å². The lowest BCUT2D eigenvalue weighted by atomic mass is 10.0. The summed E-state index contributed by atoms with van der Waals surface area (Å²) in [5.74, 6) is 0.112. The molecule has 1 aliphatic rings. The molecule has 5 nitrogen and oxygen atoms in total. The lowest BCUT2D eigenvalue weighted by Crippen LogP contribution is -2.50. The van der Waals surface area contributed by atoms with E-state index in [2.05, 4.69) is 45.5 Å². The predicted molar refractivity (Wildman–Crippen MR) is 108 cm³/mol. The highest BCUT2D eigenvalue weighted by Crippen LogP contribution is 2.11. The van der Waals surface area contributed by atoms with Gasteiger partial charge in [-0.25, -0.2) is 0 Å². The van der Waals surface area contributed by atoms with Crippen molar-refractivity contribution in [3.63, 3.8) is 0 Å². The van der Waals surface area contributed by atoms with Crippen molar-refractivity contribution in [1.29, 1.82) is 0 Å². The van der Waals surface area contributed by atoms with E-state index in [1.165, 1.54) is 11.1 Å². The quantitative estimate of drug-likeness (QED) is 0.779. The van der Waals surface area contributed by atoms with Crippen molar-refractivity contribution in [3.8, 4) is 0 Å². The molecule has 1 atom stereocenters. The van der Waals surface area contributed by atoms with E-state index >= 15 is 0 Å². The Morgan fingerprint density at radius 2 is 1.96 bits per heavy atom. The Kier molecular flexibility index (Phi) is 7.36. The van der Waals surface area contributed by atoms with E-state index < -0.39 is 0 Å². The normalized spacial score (nSPS) is 17.8. The molecule has 0 spiro atoms. The second-order valence-corrected chi connectivity index (χ2v) is 7.47. The molecule has 27 heavy (non-hydrogen) atoms. The van der Waals surface area contributed by atoms with Crippen LogP contribution in [-0.2, 0) is 17.8 Å². The first-order chi connectivity index (χ1) is 13.2. The van der Waals surface area contributed by atoms with Crippen molar-refractivity contribution < 1.29 is 4.79 Å². The molecular weight excluding hydrogens is 336 g/mol. The number of likely N-dealkylation sites (N-methyl/N-ethyl adjacent to an activating group) is 1. The van der Waals surface area contributed by atoms with E-state index in [1.54, 1.807) is 12.4 Å². The minimum absolute atomic E-state index is 0.112. The van der Waals surface area contributed by atoms with Crippen LogP contribution in [0.15, 0.2) is 54.9 Å². The summed E-state index contributed by atoms with van der Waals surface area (Å²) in [4.78, 5) is 21.0. The Morgan fingerprint density at radius 3 is 2.74 bits per heavy atom. The predicted octanol–water partition coefficient (Wildman–Crippen LogP) is 2.34. The molecule has 1 saturated heterocycles. The number of hydrogen-bond acceptors (Lipinski definition) is 4. The number of rotatable bonds is 8. The molecule has 3 rings (SSSR count). The lowest BCUT2D eigenvalue weighted by molar-refractivity contribution is -0.123. The van der Waals surface area contributed by atoms with E-state index in [1.807, 2.05) is 24.1 Å². The number of benzene rings is 1. The SMILES string of the molecule is CN(CC(=O)NC1CCCN(CCc2ccccc2)C1)Cc1ccncc1. The van der Waals surface area contributed by atoms with Gasteiger partial charge in [0.05, 0.1) is 6.54 Å². The van der Waals surface area contributed by atoms with Crippen LogP contribution in [0.4, 0.5) is 0 Å². The average molecular weight is 367 g/mol. The summed E-state index contributed by atoms with van der Waals surface area (Å²) in [6, 6.07) is 14.8. The van der Waals surface area contributed by atoms with Gasteiger partial charge in [-0.15, -0.1) is 0 Å². The Hall–Kier alpha value is -2.24. The zero-order valence-corrected chi connectivity index (χ0v) is 16.2. The van der Waals surface area contributed by atoms with Crippen LogP contribution in [0.3, 0.4) is 0 Å². The smallest absolute Gasteiger partial charge is 0.234 e. The van der Waals surface area contributed by atoms with Crippen molar-refractivity contribution in [1.82, 2.24) is 20.1 Å². The second kappa shape index (κ2) is 10.2. The first-order valence-electron chi connectivity index (χ1n) is 9.82. The number of carbonyl (C=O) groups excluding carboxylic acids is 1. The van der Waals surface area contributed by atoms with Crippen LogP contribution in [0, 0.1) is 0 Å². The second-order valence-electron chi connectivity index (χ2n) is 7.47. The fourth-order valence-corrected chi connectivity index (χ4v) is 3.68. The van der Waals surface area contributed by atoms with Crippen LogP contribution in [-0.4, -0.2) is 60.0 Å². The number of nitrogens with one attached hydrogen (secondary N) is 1. The largest absolute Gasteiger partial charge is 0.351 e. The molecule has 1 aromatic carbocycles. The topological polar surface area (TPSA) is 48.5 Å². The summed E-state index contributed by atoms with van der Waals surface area (Å²) in [7, 11) is 1.98. The number of aromatic nitrogens is 1. The van der Waals surface area contributed by atoms with Crippen LogP contribution in [0.2, 0.25) is 0 Å². The zero-order chi connectivity index (χ0) is 18.9. The summed E-state index contributed by atoms with van der Waals surface area (Å²) in [5.41, 5.74) is 2.55. The molecule has 0 saturated carbocycles. The number of nitrogens with zero attached hydrogens (tertiary/aromatic N) is 3. The number of pyridine rings is 1. The maximum atomic E-state index is 12.4. The molecule has 5 heteroatoms. The number of hydrogen-bond donors (Lipinski definition) is 1. The monoisotopic (exact) mass is 366 g/mol. The van der Waals surface area contributed by atoms with Gasteiger partial charge in [0.15, 0.2) is 0 Å². The Labute approximate surface area is 162 Å². The maximum absolute atomic E-state index is 12.4. The third-order valence-electron chi connectivity index (χ3n) is 5.05. The Balaban J connectivity index is 1.39. The molecule has 1 fully saturated rings. The molecule has 1 aromatic heterocycles. The van der Waals surface area contributed by atoms with Gasteiger partial charge in [-0.2, -0.15) is 0 Å². The molecule has 1 aliphatic heterocycles. The number of piperidine rings is 1. The highest BCUT2D eigenvalue weighted by molar-refractivity contribution is 5.78. The molecule has 0 radical (unpaired) electrons. The molecule has 0 bridgehead atoms. The van der Waals surface area contributed by atoms with Gasteiger partial charge in [0, 0.05) is 38.1 Å². The van der Waals surface area contributed by atoms with Gasteiger partial charge in [-0.3, -0.25) is 14.7 Å². The molecule has 2 aromatic rings. The summed E-state index contributed by atoms with van der Waals surface area (Å²) in [6.07, 6.45) is 6.86. The van der Waals surface area contributed by atoms with Crippen molar-refractivity contribution in [3.05, 3.63) is 66.0 Å². The summed E-state index contributed by atoms with van der Waals surface area (Å²) < 4.78 is 0. The van der Waals surface area contributed by atoms with Crippen molar-refractivity contribution in [2.24, 2.45) is 0 Å². The Bertz CT molecular complexity index is 692. The summed E-state index contributed by atoms with van der Waals surface area (Å²) in [5, 5.41) is 3.23. The molecule has 1 amide bonds. The first kappa shape index (κ1) is 19.5. The highest BCUT2D eigenvalue weighted by Gasteiger charge is 2.21. The van der Waals surface area contributed by atoms with Gasteiger partial charge in [0.25, 0.3) is 0 Å². The van der Waals surface area contributed by atoms with Crippen LogP contribution < -0.4 is 5.32 Å². The van der Waals surface area contributed by atoms with Crippen LogP contribution >= 0.6 is 0 Å². The van der Waals surface area contributed by atoms with Gasteiger partial charge in [-0.1, -0.05) is 30.3 Å². The van der Waals surface area contributed by atoms with Gasteiger partial charge < -0.3 is 10.2 Å². The van der Waals surface area contributed by atoms with Crippen LogP contribution in [0.25, 0.3) is 0 Å². The zero-order valence-electron chi connectivity index (χ0n) is 16.2. The lowest BCUT2D eigenvalue weighted by Gasteiger charge is -2.33. The van der Waals surface area contributed by atoms with Gasteiger partial charge >= 0.3 is 0 Å². The van der Waals surface area contributed by atoms with Crippen LogP contribution in [0.5, 0.6) is 0 Å². The van der Waals surface area contributed by atoms with Crippen molar-refractivity contribution in [2.45, 2.75) is 31.8 Å². The fourth-order valence-electron chi connectivity index (χ4n) is 3.68.